The highest BCUT2D eigenvalue weighted by Gasteiger charge is 2.35. The minimum atomic E-state index is -4.50. The molecule has 0 atom stereocenters. The Morgan fingerprint density at radius 3 is 2.61 bits per heavy atom. The predicted octanol–water partition coefficient (Wildman–Crippen LogP) is 8.15. The first kappa shape index (κ1) is 15.9. The Morgan fingerprint density at radius 2 is 1.94 bits per heavy atom. The van der Waals surface area contributed by atoms with E-state index < -0.39 is 30.2 Å². The molecular formula is C25H29BrF3NO. The molecule has 0 aliphatic heterocycles. The molecule has 0 saturated heterocycles. The minimum Gasteiger partial charge on any atom is -0.391 e. The van der Waals surface area contributed by atoms with Crippen LogP contribution in [0.15, 0.2) is 41.6 Å². The van der Waals surface area contributed by atoms with Gasteiger partial charge in [0.15, 0.2) is 0 Å². The Labute approximate surface area is 200 Å². The molecule has 1 saturated carbocycles. The fourth-order valence-corrected chi connectivity index (χ4v) is 4.27. The highest BCUT2D eigenvalue weighted by Crippen LogP contribution is 2.41. The van der Waals surface area contributed by atoms with Gasteiger partial charge in [0.05, 0.1) is 11.3 Å². The molecule has 0 radical (unpaired) electrons. The number of hydrogen-bond donors (Lipinski definition) is 0. The van der Waals surface area contributed by atoms with Gasteiger partial charge in [-0.2, -0.15) is 13.2 Å². The third-order valence-corrected chi connectivity index (χ3v) is 6.00. The van der Waals surface area contributed by atoms with Crippen LogP contribution in [0.1, 0.15) is 94.8 Å². The van der Waals surface area contributed by atoms with Gasteiger partial charge in [-0.05, 0) is 72.0 Å². The summed E-state index contributed by atoms with van der Waals surface area (Å²) in [6, 6.07) is 8.11. The molecule has 0 N–H and O–H groups in total. The highest BCUT2D eigenvalue weighted by molar-refractivity contribution is 9.08. The average molecular weight is 503 g/mol. The Morgan fingerprint density at radius 1 is 1.16 bits per heavy atom. The molecule has 2 nitrogen and oxygen atoms in total. The van der Waals surface area contributed by atoms with Gasteiger partial charge in [-0.15, -0.1) is 0 Å². The van der Waals surface area contributed by atoms with Crippen LogP contribution in [0.5, 0.6) is 0 Å². The zero-order valence-electron chi connectivity index (χ0n) is 24.2. The van der Waals surface area contributed by atoms with Gasteiger partial charge in [-0.1, -0.05) is 71.5 Å². The summed E-state index contributed by atoms with van der Waals surface area (Å²) in [5, 5.41) is 1.74. The number of nitrogens with zero attached hydrogens (tertiary/aromatic N) is 1. The Kier molecular flexibility index (Phi) is 5.47. The number of rotatable bonds is 7. The van der Waals surface area contributed by atoms with Crippen molar-refractivity contribution in [3.05, 3.63) is 69.8 Å². The topological polar surface area (TPSA) is 21.6 Å². The van der Waals surface area contributed by atoms with E-state index in [0.29, 0.717) is 5.56 Å². The Bertz CT molecular complexity index is 1170. The largest absolute Gasteiger partial charge is 0.416 e. The molecule has 31 heavy (non-hydrogen) atoms. The lowest BCUT2D eigenvalue weighted by Gasteiger charge is -2.25. The monoisotopic (exact) mass is 502 g/mol. The third-order valence-electron chi connectivity index (χ3n) is 5.57. The van der Waals surface area contributed by atoms with Crippen LogP contribution in [0.2, 0.25) is 0 Å². The number of hydrogen-bond acceptors (Lipinski definition) is 2. The van der Waals surface area contributed by atoms with Crippen molar-refractivity contribution in [3.8, 4) is 0 Å². The molecule has 0 bridgehead atoms. The molecule has 1 aliphatic rings. The lowest BCUT2D eigenvalue weighted by molar-refractivity contribution is -0.138. The van der Waals surface area contributed by atoms with Gasteiger partial charge >= 0.3 is 6.18 Å². The van der Waals surface area contributed by atoms with E-state index in [1.54, 1.807) is 6.07 Å². The first-order valence-corrected chi connectivity index (χ1v) is 10.9. The van der Waals surface area contributed by atoms with E-state index in [1.165, 1.54) is 31.2 Å². The fourth-order valence-electron chi connectivity index (χ4n) is 3.92. The average Bonchev–Trinajstić information content (AvgIpc) is 2.82. The molecule has 0 aromatic heterocycles. The maximum absolute atomic E-state index is 13.8. The van der Waals surface area contributed by atoms with Crippen LogP contribution in [-0.4, -0.2) is 5.71 Å². The Hall–Kier alpha value is -1.82. The standard InChI is InChI=1S/C25H29BrF3NO/c1-3-19-14-21(10-11-22(19)15-26)17(2)30-31-16-18-9-12-23(20-7-5-4-6-8-20)24(13-18)25(27,28)29/h9-14,20H,3-8,15-16H2,1-2H3/b30-17+/i1D3,3D2,15D2. The van der Waals surface area contributed by atoms with Crippen molar-refractivity contribution in [2.75, 3.05) is 0 Å². The van der Waals surface area contributed by atoms with Crippen LogP contribution in [0.3, 0.4) is 0 Å². The van der Waals surface area contributed by atoms with Gasteiger partial charge in [0.2, 0.25) is 0 Å². The van der Waals surface area contributed by atoms with E-state index in [0.717, 1.165) is 38.2 Å². The first-order valence-electron chi connectivity index (χ1n) is 13.6. The first-order chi connectivity index (χ1) is 17.4. The van der Waals surface area contributed by atoms with E-state index >= 15 is 0 Å². The van der Waals surface area contributed by atoms with E-state index in [1.807, 2.05) is 0 Å². The lowest BCUT2D eigenvalue weighted by atomic mass is 9.81. The van der Waals surface area contributed by atoms with Crippen molar-refractivity contribution >= 4 is 21.6 Å². The number of halogens is 4. The summed E-state index contributed by atoms with van der Waals surface area (Å²) >= 11 is 2.82. The van der Waals surface area contributed by atoms with E-state index in [2.05, 4.69) is 21.1 Å². The summed E-state index contributed by atoms with van der Waals surface area (Å²) in [5.41, 5.74) is -0.142. The number of benzene rings is 2. The third kappa shape index (κ3) is 6.12. The van der Waals surface area contributed by atoms with Crippen LogP contribution in [-0.2, 0) is 29.3 Å². The van der Waals surface area contributed by atoms with Gasteiger partial charge in [-0.3, -0.25) is 0 Å². The molecule has 1 fully saturated rings. The number of aryl methyl sites for hydroxylation is 1. The van der Waals surface area contributed by atoms with Gasteiger partial charge in [0, 0.05) is 14.9 Å². The maximum atomic E-state index is 13.8. The molecule has 3 rings (SSSR count). The second kappa shape index (κ2) is 10.7. The maximum Gasteiger partial charge on any atom is 0.416 e. The van der Waals surface area contributed by atoms with Gasteiger partial charge < -0.3 is 4.84 Å². The van der Waals surface area contributed by atoms with Gasteiger partial charge in [0.25, 0.3) is 0 Å². The normalized spacial score (nSPS) is 20.5. The van der Waals surface area contributed by atoms with Crippen molar-refractivity contribution in [1.82, 2.24) is 0 Å². The number of oxime groups is 1. The van der Waals surface area contributed by atoms with Gasteiger partial charge in [0.1, 0.15) is 6.61 Å². The van der Waals surface area contributed by atoms with Gasteiger partial charge in [-0.25, -0.2) is 0 Å². The molecule has 2 aromatic carbocycles. The van der Waals surface area contributed by atoms with Crippen LogP contribution in [0.25, 0.3) is 0 Å². The fraction of sp³-hybridized carbons (Fsp3) is 0.480. The van der Waals surface area contributed by atoms with Crippen molar-refractivity contribution in [2.45, 2.75) is 76.2 Å². The van der Waals surface area contributed by atoms with E-state index in [4.69, 9.17) is 14.4 Å². The van der Waals surface area contributed by atoms with Crippen LogP contribution in [0.4, 0.5) is 13.2 Å². The molecule has 0 unspecified atom stereocenters. The summed E-state index contributed by atoms with van der Waals surface area (Å²) in [4.78, 5) is 5.31. The SMILES string of the molecule is [2H]C([2H])(Br)c1ccc(/C(C)=N/OCc2ccc(C3CCCCC3)c(C(F)(F)F)c2)cc1C([2H])([2H])C([2H])([2H])[2H]. The minimum absolute atomic E-state index is 0.116. The molecule has 1 aliphatic carbocycles. The summed E-state index contributed by atoms with van der Waals surface area (Å²) in [5.74, 6) is -0.116. The molecular weight excluding hydrogens is 467 g/mol. The molecule has 0 heterocycles. The molecule has 168 valence electrons. The van der Waals surface area contributed by atoms with Crippen LogP contribution >= 0.6 is 15.9 Å². The van der Waals surface area contributed by atoms with Crippen molar-refractivity contribution in [3.63, 3.8) is 0 Å². The second-order valence-electron chi connectivity index (χ2n) is 7.68. The number of alkyl halides is 4. The zero-order valence-corrected chi connectivity index (χ0v) is 18.7. The van der Waals surface area contributed by atoms with E-state index in [9.17, 15) is 13.2 Å². The predicted molar refractivity (Wildman–Crippen MR) is 123 cm³/mol. The summed E-state index contributed by atoms with van der Waals surface area (Å²) in [7, 11) is 0. The van der Waals surface area contributed by atoms with E-state index in [-0.39, 0.29) is 40.5 Å². The Balaban J connectivity index is 1.86. The smallest absolute Gasteiger partial charge is 0.391 e. The van der Waals surface area contributed by atoms with Crippen molar-refractivity contribution in [2.24, 2.45) is 5.16 Å². The molecule has 2 aromatic rings. The molecule has 0 amide bonds. The quantitative estimate of drug-likeness (QED) is 0.212. The summed E-state index contributed by atoms with van der Waals surface area (Å²) in [6.07, 6.45) is -3.03. The van der Waals surface area contributed by atoms with Crippen molar-refractivity contribution < 1.29 is 27.6 Å². The second-order valence-corrected chi connectivity index (χ2v) is 8.08. The summed E-state index contributed by atoms with van der Waals surface area (Å²) in [6.45, 7) is -1.80. The van der Waals surface area contributed by atoms with Crippen molar-refractivity contribution in [1.29, 1.82) is 0 Å². The zero-order chi connectivity index (χ0) is 28.5. The van der Waals surface area contributed by atoms with Crippen LogP contribution in [0, 0.1) is 0 Å². The molecule has 0 spiro atoms. The highest BCUT2D eigenvalue weighted by atomic mass is 79.9. The lowest BCUT2D eigenvalue weighted by Crippen LogP contribution is -2.15. The summed E-state index contributed by atoms with van der Waals surface area (Å²) < 4.78 is 96.3. The van der Waals surface area contributed by atoms with Crippen LogP contribution < -0.4 is 0 Å². The molecule has 6 heteroatoms.